The number of hydrogen-bond donors (Lipinski definition) is 0. The van der Waals surface area contributed by atoms with E-state index in [4.69, 9.17) is 0 Å². The smallest absolute Gasteiger partial charge is 0.0181 e. The molecule has 0 aromatic heterocycles. The lowest BCUT2D eigenvalue weighted by Crippen LogP contribution is -1.94. The Balaban J connectivity index is 2.42. The average Bonchev–Trinajstić information content (AvgIpc) is 2.37. The third-order valence-corrected chi connectivity index (χ3v) is 4.12. The van der Waals surface area contributed by atoms with Gasteiger partial charge in [-0.15, -0.1) is 0 Å². The fourth-order valence-electron chi connectivity index (χ4n) is 3.01. The molecule has 0 atom stereocenters. The van der Waals surface area contributed by atoms with Crippen molar-refractivity contribution in [2.75, 3.05) is 0 Å². The summed E-state index contributed by atoms with van der Waals surface area (Å²) in [5, 5.41) is 0. The molecule has 2 aromatic rings. The van der Waals surface area contributed by atoms with Crippen molar-refractivity contribution in [3.8, 4) is 11.1 Å². The molecule has 0 amide bonds. The van der Waals surface area contributed by atoms with E-state index in [1.54, 1.807) is 0 Å². The minimum Gasteiger partial charge on any atom is -0.0587 e. The predicted octanol–water partition coefficient (Wildman–Crippen LogP) is 6.22. The Labute approximate surface area is 123 Å². The molecule has 106 valence electrons. The van der Waals surface area contributed by atoms with Crippen molar-refractivity contribution in [2.45, 2.75) is 53.4 Å². The van der Waals surface area contributed by atoms with Crippen LogP contribution in [0.2, 0.25) is 0 Å². The first-order chi connectivity index (χ1) is 9.40. The summed E-state index contributed by atoms with van der Waals surface area (Å²) in [6.45, 7) is 13.4. The Bertz CT molecular complexity index is 548. The van der Waals surface area contributed by atoms with Gasteiger partial charge in [-0.3, -0.25) is 0 Å². The molecule has 2 rings (SSSR count). The zero-order valence-electron chi connectivity index (χ0n) is 13.6. The SMILES string of the molecule is Cc1cc(-c2ccc(C(C)C)c(C)c2)ccc1C(C)C. The maximum Gasteiger partial charge on any atom is -0.0181 e. The van der Waals surface area contributed by atoms with Gasteiger partial charge in [-0.25, -0.2) is 0 Å². The van der Waals surface area contributed by atoms with E-state index in [9.17, 15) is 0 Å². The van der Waals surface area contributed by atoms with Gasteiger partial charge >= 0.3 is 0 Å². The summed E-state index contributed by atoms with van der Waals surface area (Å²) in [5.41, 5.74) is 8.33. The molecule has 20 heavy (non-hydrogen) atoms. The first kappa shape index (κ1) is 14.8. The first-order valence-electron chi connectivity index (χ1n) is 7.61. The highest BCUT2D eigenvalue weighted by atomic mass is 14.1. The van der Waals surface area contributed by atoms with Crippen molar-refractivity contribution in [1.29, 1.82) is 0 Å². The van der Waals surface area contributed by atoms with Gasteiger partial charge in [0.2, 0.25) is 0 Å². The highest BCUT2D eigenvalue weighted by Crippen LogP contribution is 2.29. The molecular formula is C20H26. The van der Waals surface area contributed by atoms with Gasteiger partial charge in [0.15, 0.2) is 0 Å². The molecule has 0 bridgehead atoms. The molecule has 0 unspecified atom stereocenters. The van der Waals surface area contributed by atoms with Crippen LogP contribution in [-0.2, 0) is 0 Å². The summed E-state index contributed by atoms with van der Waals surface area (Å²) in [6, 6.07) is 13.7. The molecule has 0 aliphatic rings. The highest BCUT2D eigenvalue weighted by molar-refractivity contribution is 5.66. The summed E-state index contributed by atoms with van der Waals surface area (Å²) < 4.78 is 0. The third kappa shape index (κ3) is 2.95. The summed E-state index contributed by atoms with van der Waals surface area (Å²) in [6.07, 6.45) is 0. The molecule has 0 heteroatoms. The Morgan fingerprint density at radius 2 is 0.950 bits per heavy atom. The largest absolute Gasteiger partial charge is 0.0587 e. The lowest BCUT2D eigenvalue weighted by Gasteiger charge is -2.14. The van der Waals surface area contributed by atoms with Crippen molar-refractivity contribution < 1.29 is 0 Å². The molecular weight excluding hydrogens is 240 g/mol. The monoisotopic (exact) mass is 266 g/mol. The van der Waals surface area contributed by atoms with E-state index in [0.29, 0.717) is 11.8 Å². The Morgan fingerprint density at radius 1 is 0.600 bits per heavy atom. The van der Waals surface area contributed by atoms with E-state index >= 15 is 0 Å². The van der Waals surface area contributed by atoms with Gasteiger partial charge in [0.1, 0.15) is 0 Å². The molecule has 0 aliphatic heterocycles. The molecule has 0 N–H and O–H groups in total. The van der Waals surface area contributed by atoms with E-state index < -0.39 is 0 Å². The molecule has 0 aliphatic carbocycles. The van der Waals surface area contributed by atoms with Crippen LogP contribution >= 0.6 is 0 Å². The Kier molecular flexibility index (Phi) is 4.32. The van der Waals surface area contributed by atoms with Gasteiger partial charge in [-0.1, -0.05) is 64.1 Å². The van der Waals surface area contributed by atoms with Crippen LogP contribution < -0.4 is 0 Å². The zero-order valence-corrected chi connectivity index (χ0v) is 13.6. The van der Waals surface area contributed by atoms with Crippen LogP contribution in [0.3, 0.4) is 0 Å². The molecule has 0 fully saturated rings. The zero-order chi connectivity index (χ0) is 14.9. The molecule has 0 radical (unpaired) electrons. The van der Waals surface area contributed by atoms with Gasteiger partial charge in [0.25, 0.3) is 0 Å². The summed E-state index contributed by atoms with van der Waals surface area (Å²) in [4.78, 5) is 0. The van der Waals surface area contributed by atoms with Crippen LogP contribution in [0.15, 0.2) is 36.4 Å². The maximum absolute atomic E-state index is 2.32. The Hall–Kier alpha value is -1.56. The topological polar surface area (TPSA) is 0 Å². The molecule has 0 heterocycles. The van der Waals surface area contributed by atoms with E-state index in [0.717, 1.165) is 0 Å². The van der Waals surface area contributed by atoms with Crippen molar-refractivity contribution >= 4 is 0 Å². The van der Waals surface area contributed by atoms with Crippen LogP contribution in [0.4, 0.5) is 0 Å². The van der Waals surface area contributed by atoms with Gasteiger partial charge in [0, 0.05) is 0 Å². The fraction of sp³-hybridized carbons (Fsp3) is 0.400. The van der Waals surface area contributed by atoms with E-state index in [2.05, 4.69) is 77.9 Å². The molecule has 0 nitrogen and oxygen atoms in total. The number of aryl methyl sites for hydroxylation is 2. The summed E-state index contributed by atoms with van der Waals surface area (Å²) in [5.74, 6) is 1.18. The van der Waals surface area contributed by atoms with Crippen LogP contribution in [0.5, 0.6) is 0 Å². The standard InChI is InChI=1S/C20H26/c1-13(2)19-9-7-17(11-15(19)5)18-8-10-20(14(3)4)16(6)12-18/h7-14H,1-6H3. The molecule has 0 saturated heterocycles. The lowest BCUT2D eigenvalue weighted by atomic mass is 9.91. The predicted molar refractivity (Wildman–Crippen MR) is 89.5 cm³/mol. The second-order valence-corrected chi connectivity index (χ2v) is 6.45. The van der Waals surface area contributed by atoms with Crippen LogP contribution in [0.25, 0.3) is 11.1 Å². The van der Waals surface area contributed by atoms with Crippen LogP contribution in [0.1, 0.15) is 61.8 Å². The van der Waals surface area contributed by atoms with Gasteiger partial charge < -0.3 is 0 Å². The summed E-state index contributed by atoms with van der Waals surface area (Å²) in [7, 11) is 0. The summed E-state index contributed by atoms with van der Waals surface area (Å²) >= 11 is 0. The minimum absolute atomic E-state index is 0.592. The van der Waals surface area contributed by atoms with Gasteiger partial charge in [-0.05, 0) is 59.1 Å². The minimum atomic E-state index is 0.592. The normalized spacial score (nSPS) is 11.4. The Morgan fingerprint density at radius 3 is 1.20 bits per heavy atom. The van der Waals surface area contributed by atoms with Gasteiger partial charge in [-0.2, -0.15) is 0 Å². The van der Waals surface area contributed by atoms with E-state index in [1.807, 2.05) is 0 Å². The maximum atomic E-state index is 2.32. The van der Waals surface area contributed by atoms with Crippen molar-refractivity contribution in [1.82, 2.24) is 0 Å². The highest BCUT2D eigenvalue weighted by Gasteiger charge is 2.08. The molecule has 0 spiro atoms. The number of hydrogen-bond acceptors (Lipinski definition) is 0. The van der Waals surface area contributed by atoms with E-state index in [-0.39, 0.29) is 0 Å². The van der Waals surface area contributed by atoms with Crippen LogP contribution in [0, 0.1) is 13.8 Å². The quantitative estimate of drug-likeness (QED) is 0.619. The second-order valence-electron chi connectivity index (χ2n) is 6.45. The third-order valence-electron chi connectivity index (χ3n) is 4.12. The van der Waals surface area contributed by atoms with Crippen molar-refractivity contribution in [3.05, 3.63) is 58.7 Å². The lowest BCUT2D eigenvalue weighted by molar-refractivity contribution is 0.855. The first-order valence-corrected chi connectivity index (χ1v) is 7.61. The van der Waals surface area contributed by atoms with Crippen molar-refractivity contribution in [2.24, 2.45) is 0 Å². The number of benzene rings is 2. The van der Waals surface area contributed by atoms with Gasteiger partial charge in [0.05, 0.1) is 0 Å². The second kappa shape index (κ2) is 5.83. The average molecular weight is 266 g/mol. The molecule has 0 saturated carbocycles. The van der Waals surface area contributed by atoms with Crippen LogP contribution in [-0.4, -0.2) is 0 Å². The molecule has 2 aromatic carbocycles. The fourth-order valence-corrected chi connectivity index (χ4v) is 3.01. The number of rotatable bonds is 3. The van der Waals surface area contributed by atoms with Crippen molar-refractivity contribution in [3.63, 3.8) is 0 Å². The van der Waals surface area contributed by atoms with E-state index in [1.165, 1.54) is 33.4 Å².